The van der Waals surface area contributed by atoms with Gasteiger partial charge in [-0.15, -0.1) is 11.3 Å². The molecule has 0 aliphatic carbocycles. The van der Waals surface area contributed by atoms with E-state index in [1.807, 2.05) is 36.3 Å². The molecule has 0 aromatic carbocycles. The third kappa shape index (κ3) is 2.97. The Labute approximate surface area is 127 Å². The van der Waals surface area contributed by atoms with Crippen molar-refractivity contribution in [2.24, 2.45) is 7.05 Å². The van der Waals surface area contributed by atoms with Gasteiger partial charge in [-0.25, -0.2) is 9.97 Å². The third-order valence-electron chi connectivity index (χ3n) is 3.22. The summed E-state index contributed by atoms with van der Waals surface area (Å²) in [6.45, 7) is 3.64. The summed E-state index contributed by atoms with van der Waals surface area (Å²) in [4.78, 5) is 14.4. The zero-order chi connectivity index (χ0) is 14.7. The van der Waals surface area contributed by atoms with Gasteiger partial charge in [0.1, 0.15) is 16.5 Å². The fourth-order valence-electron chi connectivity index (χ4n) is 2.16. The molecule has 6 nitrogen and oxygen atoms in total. The van der Waals surface area contributed by atoms with Gasteiger partial charge >= 0.3 is 0 Å². The van der Waals surface area contributed by atoms with Crippen LogP contribution in [0.15, 0.2) is 23.8 Å². The van der Waals surface area contributed by atoms with Crippen molar-refractivity contribution >= 4 is 33.3 Å². The molecule has 0 amide bonds. The minimum absolute atomic E-state index is 0.673. The molecule has 7 heteroatoms. The average Bonchev–Trinajstić information content (AvgIpc) is 3.08. The maximum Gasteiger partial charge on any atom is 0.226 e. The SMILES string of the molecule is CCNc1nc(NCCc2nccn2C)c2ccsc2n1. The van der Waals surface area contributed by atoms with Crippen LogP contribution in [0.5, 0.6) is 0 Å². The fourth-order valence-corrected chi connectivity index (χ4v) is 2.92. The van der Waals surface area contributed by atoms with E-state index < -0.39 is 0 Å². The van der Waals surface area contributed by atoms with E-state index in [-0.39, 0.29) is 0 Å². The Kier molecular flexibility index (Phi) is 4.01. The highest BCUT2D eigenvalue weighted by molar-refractivity contribution is 7.16. The monoisotopic (exact) mass is 302 g/mol. The molecule has 0 atom stereocenters. The number of rotatable bonds is 6. The fraction of sp³-hybridized carbons (Fsp3) is 0.357. The zero-order valence-corrected chi connectivity index (χ0v) is 12.9. The number of imidazole rings is 1. The first kappa shape index (κ1) is 13.8. The average molecular weight is 302 g/mol. The van der Waals surface area contributed by atoms with Crippen molar-refractivity contribution in [1.82, 2.24) is 19.5 Å². The maximum absolute atomic E-state index is 4.55. The summed E-state index contributed by atoms with van der Waals surface area (Å²) in [7, 11) is 2.01. The molecule has 3 aromatic rings. The first-order valence-corrected chi connectivity index (χ1v) is 7.85. The van der Waals surface area contributed by atoms with Gasteiger partial charge in [0.05, 0.1) is 5.39 Å². The Hall–Kier alpha value is -2.15. The first-order chi connectivity index (χ1) is 10.3. The van der Waals surface area contributed by atoms with Crippen molar-refractivity contribution in [2.45, 2.75) is 13.3 Å². The van der Waals surface area contributed by atoms with E-state index in [9.17, 15) is 0 Å². The standard InChI is InChI=1S/C14H18N6S/c1-3-15-14-18-12(10-5-9-21-13(10)19-14)17-6-4-11-16-7-8-20(11)2/h5,7-9H,3-4,6H2,1-2H3,(H2,15,17,18,19). The minimum Gasteiger partial charge on any atom is -0.369 e. The van der Waals surface area contributed by atoms with Crippen LogP contribution in [-0.4, -0.2) is 32.6 Å². The van der Waals surface area contributed by atoms with Crippen LogP contribution >= 0.6 is 11.3 Å². The lowest BCUT2D eigenvalue weighted by Crippen LogP contribution is -2.11. The van der Waals surface area contributed by atoms with Crippen LogP contribution in [0.1, 0.15) is 12.7 Å². The van der Waals surface area contributed by atoms with Crippen molar-refractivity contribution in [2.75, 3.05) is 23.7 Å². The second kappa shape index (κ2) is 6.09. The lowest BCUT2D eigenvalue weighted by Gasteiger charge is -2.09. The molecule has 3 aromatic heterocycles. The van der Waals surface area contributed by atoms with E-state index in [2.05, 4.69) is 31.7 Å². The third-order valence-corrected chi connectivity index (χ3v) is 4.03. The van der Waals surface area contributed by atoms with Crippen molar-refractivity contribution in [3.8, 4) is 0 Å². The molecule has 110 valence electrons. The van der Waals surface area contributed by atoms with Crippen LogP contribution < -0.4 is 10.6 Å². The Bertz CT molecular complexity index is 732. The first-order valence-electron chi connectivity index (χ1n) is 6.97. The van der Waals surface area contributed by atoms with Crippen LogP contribution in [0.3, 0.4) is 0 Å². The molecule has 0 aliphatic heterocycles. The molecule has 0 unspecified atom stereocenters. The topological polar surface area (TPSA) is 67.7 Å². The molecule has 0 aliphatic rings. The van der Waals surface area contributed by atoms with Gasteiger partial charge < -0.3 is 15.2 Å². The number of anilines is 2. The van der Waals surface area contributed by atoms with Crippen LogP contribution in [0.4, 0.5) is 11.8 Å². The van der Waals surface area contributed by atoms with Crippen LogP contribution in [0.25, 0.3) is 10.2 Å². The van der Waals surface area contributed by atoms with E-state index in [0.29, 0.717) is 5.95 Å². The number of fused-ring (bicyclic) bond motifs is 1. The van der Waals surface area contributed by atoms with Gasteiger partial charge in [-0.1, -0.05) is 0 Å². The van der Waals surface area contributed by atoms with Crippen LogP contribution in [0, 0.1) is 0 Å². The van der Waals surface area contributed by atoms with Crippen molar-refractivity contribution in [1.29, 1.82) is 0 Å². The summed E-state index contributed by atoms with van der Waals surface area (Å²) in [5.41, 5.74) is 0. The minimum atomic E-state index is 0.673. The molecule has 2 N–H and O–H groups in total. The Morgan fingerprint density at radius 1 is 1.29 bits per heavy atom. The normalized spacial score (nSPS) is 11.0. The lowest BCUT2D eigenvalue weighted by molar-refractivity contribution is 0.789. The van der Waals surface area contributed by atoms with Crippen LogP contribution in [0.2, 0.25) is 0 Å². The molecule has 0 fully saturated rings. The molecule has 3 rings (SSSR count). The molecule has 21 heavy (non-hydrogen) atoms. The second-order valence-corrected chi connectivity index (χ2v) is 5.59. The van der Waals surface area contributed by atoms with Gasteiger partial charge in [-0.05, 0) is 18.4 Å². The summed E-state index contributed by atoms with van der Waals surface area (Å²) >= 11 is 1.63. The highest BCUT2D eigenvalue weighted by atomic mass is 32.1. The Morgan fingerprint density at radius 2 is 2.19 bits per heavy atom. The van der Waals surface area contributed by atoms with Gasteiger partial charge in [0, 0.05) is 39.0 Å². The van der Waals surface area contributed by atoms with Crippen molar-refractivity contribution in [3.05, 3.63) is 29.7 Å². The van der Waals surface area contributed by atoms with Crippen LogP contribution in [-0.2, 0) is 13.5 Å². The van der Waals surface area contributed by atoms with Gasteiger partial charge in [0.15, 0.2) is 0 Å². The van der Waals surface area contributed by atoms with Gasteiger partial charge in [0.2, 0.25) is 5.95 Å². The van der Waals surface area contributed by atoms with Crippen molar-refractivity contribution in [3.63, 3.8) is 0 Å². The van der Waals surface area contributed by atoms with E-state index in [1.54, 1.807) is 11.3 Å². The highest BCUT2D eigenvalue weighted by Crippen LogP contribution is 2.26. The Balaban J connectivity index is 1.76. The van der Waals surface area contributed by atoms with Gasteiger partial charge in [-0.2, -0.15) is 4.98 Å². The predicted octanol–water partition coefficient (Wildman–Crippen LogP) is 2.51. The van der Waals surface area contributed by atoms with E-state index >= 15 is 0 Å². The predicted molar refractivity (Wildman–Crippen MR) is 87.0 cm³/mol. The van der Waals surface area contributed by atoms with Crippen molar-refractivity contribution < 1.29 is 0 Å². The van der Waals surface area contributed by atoms with E-state index in [0.717, 1.165) is 41.4 Å². The zero-order valence-electron chi connectivity index (χ0n) is 12.1. The summed E-state index contributed by atoms with van der Waals surface area (Å²) in [6, 6.07) is 2.05. The van der Waals surface area contributed by atoms with Gasteiger partial charge in [0.25, 0.3) is 0 Å². The summed E-state index contributed by atoms with van der Waals surface area (Å²) in [5.74, 6) is 2.61. The number of aryl methyl sites for hydroxylation is 1. The molecule has 0 saturated carbocycles. The quantitative estimate of drug-likeness (QED) is 0.732. The van der Waals surface area contributed by atoms with E-state index in [1.165, 1.54) is 0 Å². The lowest BCUT2D eigenvalue weighted by atomic mass is 10.3. The summed E-state index contributed by atoms with van der Waals surface area (Å²) < 4.78 is 2.03. The number of hydrogen-bond acceptors (Lipinski definition) is 6. The number of aromatic nitrogens is 4. The number of nitrogens with zero attached hydrogens (tertiary/aromatic N) is 4. The smallest absolute Gasteiger partial charge is 0.226 e. The second-order valence-electron chi connectivity index (χ2n) is 4.70. The summed E-state index contributed by atoms with van der Waals surface area (Å²) in [6.07, 6.45) is 4.64. The number of hydrogen-bond donors (Lipinski definition) is 2. The molecule has 0 bridgehead atoms. The number of thiophene rings is 1. The summed E-state index contributed by atoms with van der Waals surface area (Å²) in [5, 5.41) is 9.68. The molecule has 0 radical (unpaired) electrons. The molecule has 0 saturated heterocycles. The van der Waals surface area contributed by atoms with Gasteiger partial charge in [-0.3, -0.25) is 0 Å². The number of nitrogens with one attached hydrogen (secondary N) is 2. The molecule has 3 heterocycles. The largest absolute Gasteiger partial charge is 0.369 e. The highest BCUT2D eigenvalue weighted by Gasteiger charge is 2.08. The van der Waals surface area contributed by atoms with E-state index in [4.69, 9.17) is 0 Å². The molecular formula is C14H18N6S. The molecular weight excluding hydrogens is 284 g/mol. The maximum atomic E-state index is 4.55. The Morgan fingerprint density at radius 3 is 2.95 bits per heavy atom. The molecule has 0 spiro atoms.